The largest absolute Gasteiger partial charge is 0.295 e. The Labute approximate surface area is 229 Å². The van der Waals surface area contributed by atoms with Gasteiger partial charge in [-0.25, -0.2) is 0 Å². The normalized spacial score (nSPS) is 10.2. The maximum atomic E-state index is 12.1. The topological polar surface area (TPSA) is 47.0 Å². The summed E-state index contributed by atoms with van der Waals surface area (Å²) in [7, 11) is 0. The number of nitrogens with zero attached hydrogens (tertiary/aromatic N) is 1. The van der Waals surface area contributed by atoms with Gasteiger partial charge in [0.2, 0.25) is 0 Å². The van der Waals surface area contributed by atoms with Crippen LogP contribution < -0.4 is 0 Å². The molecule has 1 aromatic heterocycles. The van der Waals surface area contributed by atoms with Gasteiger partial charge in [-0.3, -0.25) is 14.6 Å². The molecule has 0 fully saturated rings. The summed E-state index contributed by atoms with van der Waals surface area (Å²) in [4.78, 5) is 28.3. The zero-order chi connectivity index (χ0) is 27.3. The van der Waals surface area contributed by atoms with Crippen molar-refractivity contribution in [1.82, 2.24) is 4.98 Å². The molecule has 0 spiro atoms. The Balaban J connectivity index is 0.000000690. The van der Waals surface area contributed by atoms with Crippen LogP contribution in [0.3, 0.4) is 0 Å². The maximum absolute atomic E-state index is 12.1. The summed E-state index contributed by atoms with van der Waals surface area (Å²) < 4.78 is 0. The molecule has 0 aliphatic rings. The molecule has 0 saturated carbocycles. The van der Waals surface area contributed by atoms with E-state index in [0.717, 1.165) is 35.4 Å². The van der Waals surface area contributed by atoms with Gasteiger partial charge in [0.05, 0.1) is 11.4 Å². The van der Waals surface area contributed by atoms with E-state index in [2.05, 4.69) is 68.6 Å². The van der Waals surface area contributed by atoms with Gasteiger partial charge in [0, 0.05) is 26.8 Å². The number of hydrogen-bond acceptors (Lipinski definition) is 3. The number of rotatable bonds is 10. The Kier molecular flexibility index (Phi) is 10.7. The van der Waals surface area contributed by atoms with Gasteiger partial charge < -0.3 is 0 Å². The third kappa shape index (κ3) is 8.63. The number of aromatic nitrogens is 1. The van der Waals surface area contributed by atoms with E-state index in [1.165, 1.54) is 22.8 Å². The second-order valence-electron chi connectivity index (χ2n) is 9.25. The average molecular weight is 506 g/mol. The molecule has 4 rings (SSSR count). The van der Waals surface area contributed by atoms with E-state index in [1.54, 1.807) is 6.92 Å². The number of carbonyl (C=O) groups is 2. The third-order valence-electron chi connectivity index (χ3n) is 6.25. The Bertz CT molecular complexity index is 1380. The number of benzene rings is 3. The third-order valence-corrected chi connectivity index (χ3v) is 6.25. The van der Waals surface area contributed by atoms with Crippen LogP contribution in [0.15, 0.2) is 110 Å². The molecule has 0 unspecified atom stereocenters. The van der Waals surface area contributed by atoms with Crippen molar-refractivity contribution in [3.8, 4) is 11.3 Å². The Morgan fingerprint density at radius 1 is 0.842 bits per heavy atom. The van der Waals surface area contributed by atoms with Crippen LogP contribution >= 0.6 is 0 Å². The van der Waals surface area contributed by atoms with Gasteiger partial charge in [0.1, 0.15) is 0 Å². The summed E-state index contributed by atoms with van der Waals surface area (Å²) in [6.45, 7) is 10.8. The van der Waals surface area contributed by atoms with Crippen LogP contribution in [-0.2, 0) is 17.6 Å². The van der Waals surface area contributed by atoms with Crippen LogP contribution in [0.25, 0.3) is 17.3 Å². The van der Waals surface area contributed by atoms with Crippen LogP contribution in [0.5, 0.6) is 0 Å². The summed E-state index contributed by atoms with van der Waals surface area (Å²) in [5.41, 5.74) is 8.05. The lowest BCUT2D eigenvalue weighted by Crippen LogP contribution is -2.04. The molecule has 3 nitrogen and oxygen atoms in total. The minimum Gasteiger partial charge on any atom is -0.295 e. The second kappa shape index (κ2) is 14.4. The summed E-state index contributed by atoms with van der Waals surface area (Å²) in [5.74, 6) is 0.114. The lowest BCUT2D eigenvalue weighted by atomic mass is 9.99. The summed E-state index contributed by atoms with van der Waals surface area (Å²) in [6, 6.07) is 30.4. The molecule has 4 aromatic rings. The molecule has 0 bridgehead atoms. The highest BCUT2D eigenvalue weighted by molar-refractivity contribution is 5.95. The Morgan fingerprint density at radius 3 is 2.08 bits per heavy atom. The molecule has 1 heterocycles. The molecule has 196 valence electrons. The lowest BCUT2D eigenvalue weighted by molar-refractivity contribution is -0.114. The molecule has 0 aliphatic carbocycles. The number of Topliss-reactive ketones (excluding diaryl/α,β-unsaturated/α-hetero) is 1. The van der Waals surface area contributed by atoms with Crippen LogP contribution in [0.2, 0.25) is 0 Å². The van der Waals surface area contributed by atoms with Crippen LogP contribution in [0.4, 0.5) is 0 Å². The minimum atomic E-state index is 0. The molecular weight excluding hydrogens is 466 g/mol. The van der Waals surface area contributed by atoms with Gasteiger partial charge >= 0.3 is 0 Å². The van der Waals surface area contributed by atoms with Gasteiger partial charge in [-0.1, -0.05) is 104 Å². The minimum absolute atomic E-state index is 0. The molecule has 0 radical (unpaired) electrons. The smallest absolute Gasteiger partial charge is 0.161 e. The molecule has 0 atom stereocenters. The van der Waals surface area contributed by atoms with Gasteiger partial charge in [-0.05, 0) is 61.6 Å². The van der Waals surface area contributed by atoms with Crippen molar-refractivity contribution < 1.29 is 12.4 Å². The molecule has 3 aromatic carbocycles. The quantitative estimate of drug-likeness (QED) is 0.160. The van der Waals surface area contributed by atoms with Crippen LogP contribution in [0, 0.1) is 6.92 Å². The number of carbonyl (C=O) groups excluding carboxylic acids is 2. The van der Waals surface area contributed by atoms with Crippen molar-refractivity contribution in [3.63, 3.8) is 0 Å². The number of allylic oxidation sites excluding steroid dienone is 1. The van der Waals surface area contributed by atoms with E-state index >= 15 is 0 Å². The summed E-state index contributed by atoms with van der Waals surface area (Å²) in [5, 5.41) is 0. The zero-order valence-corrected chi connectivity index (χ0v) is 22.3. The first-order valence-corrected chi connectivity index (χ1v) is 12.9. The molecule has 0 N–H and O–H groups in total. The maximum Gasteiger partial charge on any atom is 0.161 e. The number of aryl methyl sites for hydroxylation is 2. The van der Waals surface area contributed by atoms with E-state index in [4.69, 9.17) is 4.98 Å². The predicted molar refractivity (Wildman–Crippen MR) is 163 cm³/mol. The van der Waals surface area contributed by atoms with Crippen molar-refractivity contribution in [1.29, 1.82) is 0 Å². The van der Waals surface area contributed by atoms with Crippen molar-refractivity contribution in [2.24, 2.45) is 0 Å². The SMILES string of the molecule is C=CC(=O)CCCc1ccc(-c2ccc(C(C)=O)c(Cc3ccc(C)cc3)n2)cc1.C=Cc1ccccc1.[HH].[HH]. The molecule has 3 heteroatoms. The highest BCUT2D eigenvalue weighted by Gasteiger charge is 2.12. The highest BCUT2D eigenvalue weighted by atomic mass is 16.1. The van der Waals surface area contributed by atoms with Crippen molar-refractivity contribution >= 4 is 17.6 Å². The van der Waals surface area contributed by atoms with E-state index in [-0.39, 0.29) is 14.4 Å². The van der Waals surface area contributed by atoms with E-state index in [9.17, 15) is 9.59 Å². The Morgan fingerprint density at radius 2 is 1.50 bits per heavy atom. The molecule has 38 heavy (non-hydrogen) atoms. The standard InChI is InChI=1S/C27H27NO2.C8H8.2H2/c1-4-24(30)7-5-6-21-12-14-23(15-13-21)26-17-16-25(20(3)29)27(28-26)18-22-10-8-19(2)9-11-22;1-2-8-6-4-3-5-7-8;;/h4,8-17H,1,5-7,18H2,2-3H3;2-7H,1H2;2*1H. The molecular formula is C35H39NO2. The second-order valence-corrected chi connectivity index (χ2v) is 9.25. The fourth-order valence-corrected chi connectivity index (χ4v) is 4.02. The van der Waals surface area contributed by atoms with Gasteiger partial charge in [0.15, 0.2) is 11.6 Å². The zero-order valence-electron chi connectivity index (χ0n) is 22.3. The fraction of sp³-hybridized carbons (Fsp3) is 0.171. The number of ketones is 2. The van der Waals surface area contributed by atoms with E-state index in [0.29, 0.717) is 18.4 Å². The summed E-state index contributed by atoms with van der Waals surface area (Å²) in [6.07, 6.45) is 6.04. The highest BCUT2D eigenvalue weighted by Crippen LogP contribution is 2.22. The van der Waals surface area contributed by atoms with Crippen molar-refractivity contribution in [2.45, 2.75) is 39.5 Å². The first kappa shape index (κ1) is 28.2. The first-order valence-electron chi connectivity index (χ1n) is 12.9. The number of hydrogen-bond donors (Lipinski definition) is 0. The monoisotopic (exact) mass is 505 g/mol. The fourth-order valence-electron chi connectivity index (χ4n) is 4.02. The molecule has 0 aliphatic heterocycles. The molecule has 0 amide bonds. The van der Waals surface area contributed by atoms with Gasteiger partial charge in [-0.15, -0.1) is 0 Å². The average Bonchev–Trinajstić information content (AvgIpc) is 2.95. The lowest BCUT2D eigenvalue weighted by Gasteiger charge is -2.10. The van der Waals surface area contributed by atoms with Crippen molar-refractivity contribution in [2.75, 3.05) is 0 Å². The Hall–Kier alpha value is -4.37. The van der Waals surface area contributed by atoms with Crippen LogP contribution in [-0.4, -0.2) is 16.6 Å². The predicted octanol–water partition coefficient (Wildman–Crippen LogP) is 8.75. The summed E-state index contributed by atoms with van der Waals surface area (Å²) >= 11 is 0. The van der Waals surface area contributed by atoms with Gasteiger partial charge in [0.25, 0.3) is 0 Å². The molecule has 0 saturated heterocycles. The van der Waals surface area contributed by atoms with Gasteiger partial charge in [-0.2, -0.15) is 0 Å². The van der Waals surface area contributed by atoms with Crippen molar-refractivity contribution in [3.05, 3.63) is 144 Å². The number of pyridine rings is 1. The van der Waals surface area contributed by atoms with E-state index < -0.39 is 0 Å². The van der Waals surface area contributed by atoms with E-state index in [1.807, 2.05) is 48.5 Å². The first-order chi connectivity index (χ1) is 18.4. The van der Waals surface area contributed by atoms with Crippen LogP contribution in [0.1, 0.15) is 60.9 Å².